The number of fused-ring (bicyclic) bond motifs is 1. The van der Waals surface area contributed by atoms with Crippen LogP contribution in [-0.2, 0) is 35.9 Å². The Kier molecular flexibility index (Phi) is 16.4. The molecule has 0 aliphatic heterocycles. The van der Waals surface area contributed by atoms with Crippen molar-refractivity contribution < 1.29 is 28.7 Å². The van der Waals surface area contributed by atoms with E-state index in [4.69, 9.17) is 4.74 Å². The second-order valence-corrected chi connectivity index (χ2v) is 16.1. The lowest BCUT2D eigenvalue weighted by atomic mass is 9.77. The van der Waals surface area contributed by atoms with Gasteiger partial charge in [-0.15, -0.1) is 0 Å². The zero-order valence-corrected chi connectivity index (χ0v) is 36.5. The summed E-state index contributed by atoms with van der Waals surface area (Å²) >= 11 is 0. The zero-order chi connectivity index (χ0) is 45.3. The smallest absolute Gasteiger partial charge is 0.330 e. The van der Waals surface area contributed by atoms with Crippen LogP contribution >= 0.6 is 0 Å². The molecule has 0 bridgehead atoms. The molecule has 6 rings (SSSR count). The van der Waals surface area contributed by atoms with Crippen LogP contribution in [0, 0.1) is 5.92 Å². The maximum absolute atomic E-state index is 14.4. The van der Waals surface area contributed by atoms with Gasteiger partial charge in [-0.3, -0.25) is 19.2 Å². The minimum absolute atomic E-state index is 0.0296. The van der Waals surface area contributed by atoms with Crippen LogP contribution in [0.25, 0.3) is 10.8 Å². The van der Waals surface area contributed by atoms with Crippen molar-refractivity contribution in [2.75, 3.05) is 6.61 Å². The lowest BCUT2D eigenvalue weighted by Gasteiger charge is -2.37. The van der Waals surface area contributed by atoms with Crippen molar-refractivity contribution in [1.29, 1.82) is 0 Å². The summed E-state index contributed by atoms with van der Waals surface area (Å²) in [5.41, 5.74) is 2.72. The predicted octanol–water partition coefficient (Wildman–Crippen LogP) is 8.20. The Labute approximate surface area is 375 Å². The molecule has 0 saturated heterocycles. The third kappa shape index (κ3) is 12.4. The summed E-state index contributed by atoms with van der Waals surface area (Å²) in [5.74, 6) is -2.33. The lowest BCUT2D eigenvalue weighted by Crippen LogP contribution is -2.55. The van der Waals surface area contributed by atoms with Gasteiger partial charge in [-0.05, 0) is 70.8 Å². The Balaban J connectivity index is 1.24. The Morgan fingerprint density at radius 1 is 0.609 bits per heavy atom. The molecule has 0 aliphatic carbocycles. The maximum atomic E-state index is 14.4. The fourth-order valence-electron chi connectivity index (χ4n) is 7.83. The first-order chi connectivity index (χ1) is 31.0. The van der Waals surface area contributed by atoms with Crippen molar-refractivity contribution in [1.82, 2.24) is 21.3 Å². The van der Waals surface area contributed by atoms with Gasteiger partial charge in [-0.1, -0.05) is 172 Å². The molecule has 0 radical (unpaired) electrons. The number of rotatable bonds is 20. The number of amides is 4. The van der Waals surface area contributed by atoms with Crippen LogP contribution < -0.4 is 21.3 Å². The number of nitrogens with one attached hydrogen (secondary N) is 4. The third-order valence-corrected chi connectivity index (χ3v) is 11.0. The van der Waals surface area contributed by atoms with Crippen LogP contribution in [-0.4, -0.2) is 54.3 Å². The first-order valence-electron chi connectivity index (χ1n) is 21.8. The standard InChI is InChI=1S/C54H56N4O6/c1-4-64-50(60)34-32-46(31-33-49(59)58-54(43-23-11-6-12-24-43,44-25-13-7-14-26-44)45-27-15-8-16-28-45)55-52(62)48(36-39-19-9-5-10-20-39)57-53(63)47(35-38(2)3)56-51(61)42-30-29-40-21-17-18-22-41(40)37-42/h5-30,32,34,37-38,46-48H,4,31,33,35-36H2,1-3H3,(H,55,62)(H,56,61)(H,57,63)(H,58,59)/b34-32+/t46-,47-,48-/m0/s1. The van der Waals surface area contributed by atoms with Gasteiger partial charge in [0.25, 0.3) is 5.91 Å². The molecule has 4 N–H and O–H groups in total. The van der Waals surface area contributed by atoms with E-state index in [1.165, 1.54) is 12.2 Å². The van der Waals surface area contributed by atoms with E-state index in [1.807, 2.05) is 166 Å². The van der Waals surface area contributed by atoms with Crippen LogP contribution in [0.2, 0.25) is 0 Å². The Morgan fingerprint density at radius 3 is 1.70 bits per heavy atom. The van der Waals surface area contributed by atoms with E-state index in [-0.39, 0.29) is 37.7 Å². The molecule has 0 heterocycles. The van der Waals surface area contributed by atoms with Crippen LogP contribution in [0.1, 0.15) is 72.6 Å². The molecule has 3 atom stereocenters. The quantitative estimate of drug-likeness (QED) is 0.0347. The minimum atomic E-state index is -1.09. The van der Waals surface area contributed by atoms with Crippen molar-refractivity contribution >= 4 is 40.4 Å². The second-order valence-electron chi connectivity index (χ2n) is 16.1. The minimum Gasteiger partial charge on any atom is -0.463 e. The zero-order valence-electron chi connectivity index (χ0n) is 36.5. The van der Waals surface area contributed by atoms with Crippen molar-refractivity contribution in [3.05, 3.63) is 204 Å². The van der Waals surface area contributed by atoms with Crippen molar-refractivity contribution in [2.24, 2.45) is 5.92 Å². The van der Waals surface area contributed by atoms with E-state index >= 15 is 0 Å². The highest BCUT2D eigenvalue weighted by Crippen LogP contribution is 2.37. The number of esters is 1. The number of carbonyl (C=O) groups excluding carboxylic acids is 5. The molecule has 0 saturated carbocycles. The predicted molar refractivity (Wildman–Crippen MR) is 251 cm³/mol. The first-order valence-corrected chi connectivity index (χ1v) is 21.8. The molecule has 0 spiro atoms. The molecule has 0 aromatic heterocycles. The van der Waals surface area contributed by atoms with Gasteiger partial charge in [-0.2, -0.15) is 0 Å². The second kappa shape index (κ2) is 22.7. The summed E-state index contributed by atoms with van der Waals surface area (Å²) in [4.78, 5) is 69.2. The molecule has 328 valence electrons. The fourth-order valence-corrected chi connectivity index (χ4v) is 7.83. The van der Waals surface area contributed by atoms with Gasteiger partial charge in [0.15, 0.2) is 0 Å². The number of hydrogen-bond acceptors (Lipinski definition) is 6. The molecule has 10 heteroatoms. The molecule has 4 amide bonds. The Hall–Kier alpha value is -7.33. The summed E-state index contributed by atoms with van der Waals surface area (Å²) in [7, 11) is 0. The van der Waals surface area contributed by atoms with Gasteiger partial charge in [0.2, 0.25) is 17.7 Å². The van der Waals surface area contributed by atoms with Crippen molar-refractivity contribution in [2.45, 2.75) is 70.1 Å². The highest BCUT2D eigenvalue weighted by Gasteiger charge is 2.38. The number of carbonyl (C=O) groups is 5. The summed E-state index contributed by atoms with van der Waals surface area (Å²) < 4.78 is 5.15. The number of benzene rings is 6. The molecule has 6 aromatic rings. The van der Waals surface area contributed by atoms with Crippen LogP contribution in [0.5, 0.6) is 0 Å². The number of hydrogen-bond donors (Lipinski definition) is 4. The van der Waals surface area contributed by atoms with E-state index in [0.717, 1.165) is 33.0 Å². The van der Waals surface area contributed by atoms with E-state index in [1.54, 1.807) is 19.1 Å². The Bertz CT molecular complexity index is 2410. The summed E-state index contributed by atoms with van der Waals surface area (Å²) in [6.07, 6.45) is 3.26. The summed E-state index contributed by atoms with van der Waals surface area (Å²) in [6.45, 7) is 5.76. The average molecular weight is 857 g/mol. The highest BCUT2D eigenvalue weighted by atomic mass is 16.5. The maximum Gasteiger partial charge on any atom is 0.330 e. The molecule has 64 heavy (non-hydrogen) atoms. The molecule has 10 nitrogen and oxygen atoms in total. The van der Waals surface area contributed by atoms with Crippen molar-refractivity contribution in [3.8, 4) is 0 Å². The highest BCUT2D eigenvalue weighted by molar-refractivity contribution is 6.01. The molecule has 6 aromatic carbocycles. The van der Waals surface area contributed by atoms with Crippen LogP contribution in [0.15, 0.2) is 176 Å². The van der Waals surface area contributed by atoms with E-state index in [0.29, 0.717) is 12.0 Å². The van der Waals surface area contributed by atoms with Gasteiger partial charge < -0.3 is 26.0 Å². The lowest BCUT2D eigenvalue weighted by molar-refractivity contribution is -0.137. The number of ether oxygens (including phenoxy) is 1. The van der Waals surface area contributed by atoms with Gasteiger partial charge in [0.05, 0.1) is 6.61 Å². The largest absolute Gasteiger partial charge is 0.463 e. The summed E-state index contributed by atoms with van der Waals surface area (Å²) in [6, 6.07) is 48.8. The third-order valence-electron chi connectivity index (χ3n) is 11.0. The molecule has 0 unspecified atom stereocenters. The van der Waals surface area contributed by atoms with Gasteiger partial charge in [-0.25, -0.2) is 4.79 Å². The van der Waals surface area contributed by atoms with Crippen LogP contribution in [0.4, 0.5) is 0 Å². The summed E-state index contributed by atoms with van der Waals surface area (Å²) in [5, 5.41) is 14.1. The molecule has 0 aliphatic rings. The van der Waals surface area contributed by atoms with Gasteiger partial charge in [0, 0.05) is 30.5 Å². The average Bonchev–Trinajstić information content (AvgIpc) is 3.32. The molecular weight excluding hydrogens is 801 g/mol. The fraction of sp³-hybridized carbons (Fsp3) is 0.241. The topological polar surface area (TPSA) is 143 Å². The van der Waals surface area contributed by atoms with Crippen molar-refractivity contribution in [3.63, 3.8) is 0 Å². The van der Waals surface area contributed by atoms with Crippen LogP contribution in [0.3, 0.4) is 0 Å². The SMILES string of the molecule is CCOC(=O)/C=C/[C@H](CCC(=O)NC(c1ccccc1)(c1ccccc1)c1ccccc1)NC(=O)[C@H](Cc1ccccc1)NC(=O)[C@H](CC(C)C)NC(=O)c1ccc2ccccc2c1. The van der Waals surface area contributed by atoms with E-state index < -0.39 is 47.4 Å². The molecule has 0 fully saturated rings. The normalized spacial score (nSPS) is 12.8. The molecular formula is C54H56N4O6. The van der Waals surface area contributed by atoms with E-state index in [9.17, 15) is 24.0 Å². The van der Waals surface area contributed by atoms with Gasteiger partial charge >= 0.3 is 5.97 Å². The first kappa shape index (κ1) is 46.2. The Morgan fingerprint density at radius 2 is 1.14 bits per heavy atom. The van der Waals surface area contributed by atoms with E-state index in [2.05, 4.69) is 21.3 Å². The van der Waals surface area contributed by atoms with Gasteiger partial charge in [0.1, 0.15) is 17.6 Å². The monoisotopic (exact) mass is 856 g/mol.